The van der Waals surface area contributed by atoms with E-state index in [0.29, 0.717) is 0 Å². The minimum atomic E-state index is -1.03. The minimum absolute atomic E-state index is 0.673. The molecule has 1 aromatic rings. The number of aliphatic hydroxyl groups is 1. The maximum atomic E-state index is 10.3. The average molecular weight is 258 g/mol. The maximum absolute atomic E-state index is 10.3. The molecule has 0 saturated heterocycles. The Labute approximate surface area is 93.3 Å². The van der Waals surface area contributed by atoms with E-state index in [1.165, 1.54) is 0 Å². The molecule has 1 rings (SSSR count). The normalized spacial score (nSPS) is 16.4. The Bertz CT molecular complexity index is 328. The molecule has 0 aliphatic rings. The molecule has 78 valence electrons. The number of rotatable bonds is 2. The summed E-state index contributed by atoms with van der Waals surface area (Å²) >= 11 is 3.37. The second-order valence-electron chi connectivity index (χ2n) is 4.30. The first kappa shape index (κ1) is 11.7. The molecule has 0 radical (unpaired) electrons. The third kappa shape index (κ3) is 2.16. The molecule has 2 nitrogen and oxygen atoms in total. The number of nitrogens with two attached hydrogens (primary N) is 1. The SMILES string of the molecule is CC(C)(N)C(C)(O)c1cccc(Br)c1. The molecular formula is C11H16BrNO. The second-order valence-corrected chi connectivity index (χ2v) is 5.22. The largest absolute Gasteiger partial charge is 0.384 e. The Hall–Kier alpha value is -0.380. The lowest BCUT2D eigenvalue weighted by molar-refractivity contribution is -0.00874. The zero-order valence-corrected chi connectivity index (χ0v) is 10.3. The zero-order chi connectivity index (χ0) is 11.0. The molecule has 0 saturated carbocycles. The van der Waals surface area contributed by atoms with Crippen LogP contribution >= 0.6 is 15.9 Å². The molecule has 0 fully saturated rings. The summed E-state index contributed by atoms with van der Waals surface area (Å²) in [7, 11) is 0. The number of hydrogen-bond acceptors (Lipinski definition) is 2. The van der Waals surface area contributed by atoms with E-state index in [4.69, 9.17) is 5.73 Å². The zero-order valence-electron chi connectivity index (χ0n) is 8.71. The van der Waals surface area contributed by atoms with E-state index >= 15 is 0 Å². The topological polar surface area (TPSA) is 46.2 Å². The summed E-state index contributed by atoms with van der Waals surface area (Å²) in [4.78, 5) is 0. The molecule has 3 heteroatoms. The summed E-state index contributed by atoms with van der Waals surface area (Å²) in [5.41, 5.74) is 5.05. The van der Waals surface area contributed by atoms with Crippen LogP contribution in [0.4, 0.5) is 0 Å². The van der Waals surface area contributed by atoms with Gasteiger partial charge in [-0.15, -0.1) is 0 Å². The minimum Gasteiger partial charge on any atom is -0.384 e. The van der Waals surface area contributed by atoms with Crippen molar-refractivity contribution in [3.05, 3.63) is 34.3 Å². The lowest BCUT2D eigenvalue weighted by atomic mass is 9.80. The number of benzene rings is 1. The van der Waals surface area contributed by atoms with Gasteiger partial charge in [0.2, 0.25) is 0 Å². The van der Waals surface area contributed by atoms with E-state index in [2.05, 4.69) is 15.9 Å². The van der Waals surface area contributed by atoms with Gasteiger partial charge in [-0.2, -0.15) is 0 Å². The van der Waals surface area contributed by atoms with E-state index in [0.717, 1.165) is 10.0 Å². The van der Waals surface area contributed by atoms with E-state index in [1.54, 1.807) is 6.92 Å². The Balaban J connectivity index is 3.16. The molecule has 0 aliphatic heterocycles. The predicted octanol–water partition coefficient (Wildman–Crippen LogP) is 2.39. The molecule has 1 atom stereocenters. The van der Waals surface area contributed by atoms with Crippen molar-refractivity contribution in [3.8, 4) is 0 Å². The fraction of sp³-hybridized carbons (Fsp3) is 0.455. The van der Waals surface area contributed by atoms with Crippen molar-refractivity contribution in [3.63, 3.8) is 0 Å². The first-order valence-electron chi connectivity index (χ1n) is 4.52. The third-order valence-corrected chi connectivity index (χ3v) is 3.13. The van der Waals surface area contributed by atoms with Crippen molar-refractivity contribution in [2.24, 2.45) is 5.73 Å². The molecule has 0 aliphatic carbocycles. The van der Waals surface area contributed by atoms with Gasteiger partial charge in [0.05, 0.1) is 0 Å². The van der Waals surface area contributed by atoms with Crippen molar-refractivity contribution in [2.45, 2.75) is 31.9 Å². The Kier molecular flexibility index (Phi) is 3.04. The summed E-state index contributed by atoms with van der Waals surface area (Å²) in [6.07, 6.45) is 0. The molecule has 0 bridgehead atoms. The summed E-state index contributed by atoms with van der Waals surface area (Å²) in [6.45, 7) is 5.36. The molecule has 1 unspecified atom stereocenters. The van der Waals surface area contributed by atoms with Gasteiger partial charge in [-0.1, -0.05) is 28.1 Å². The first-order valence-corrected chi connectivity index (χ1v) is 5.32. The Morgan fingerprint density at radius 2 is 1.86 bits per heavy atom. The van der Waals surface area contributed by atoms with Crippen LogP contribution < -0.4 is 5.73 Å². The van der Waals surface area contributed by atoms with Crippen LogP contribution in [0.5, 0.6) is 0 Å². The maximum Gasteiger partial charge on any atom is 0.104 e. The second kappa shape index (κ2) is 3.65. The van der Waals surface area contributed by atoms with Gasteiger partial charge in [-0.05, 0) is 38.5 Å². The van der Waals surface area contributed by atoms with Crippen LogP contribution in [0.1, 0.15) is 26.3 Å². The van der Waals surface area contributed by atoms with Crippen LogP contribution in [0.3, 0.4) is 0 Å². The van der Waals surface area contributed by atoms with Gasteiger partial charge in [0.1, 0.15) is 5.60 Å². The molecule has 0 amide bonds. The van der Waals surface area contributed by atoms with Gasteiger partial charge in [-0.3, -0.25) is 0 Å². The van der Waals surface area contributed by atoms with Crippen LogP contribution in [0.25, 0.3) is 0 Å². The van der Waals surface area contributed by atoms with Crippen molar-refractivity contribution in [1.82, 2.24) is 0 Å². The van der Waals surface area contributed by atoms with Crippen molar-refractivity contribution in [1.29, 1.82) is 0 Å². The highest BCUT2D eigenvalue weighted by Crippen LogP contribution is 2.31. The van der Waals surface area contributed by atoms with Crippen LogP contribution in [-0.4, -0.2) is 10.6 Å². The summed E-state index contributed by atoms with van der Waals surface area (Å²) in [5.74, 6) is 0. The van der Waals surface area contributed by atoms with E-state index in [-0.39, 0.29) is 0 Å². The first-order chi connectivity index (χ1) is 6.25. The smallest absolute Gasteiger partial charge is 0.104 e. The van der Waals surface area contributed by atoms with Gasteiger partial charge < -0.3 is 10.8 Å². The molecule has 0 spiro atoms. The Morgan fingerprint density at radius 3 is 2.29 bits per heavy atom. The Morgan fingerprint density at radius 1 is 1.29 bits per heavy atom. The van der Waals surface area contributed by atoms with E-state index < -0.39 is 11.1 Å². The molecule has 1 aromatic carbocycles. The van der Waals surface area contributed by atoms with Crippen LogP contribution in [0.2, 0.25) is 0 Å². The number of halogens is 1. The number of hydrogen-bond donors (Lipinski definition) is 2. The standard InChI is InChI=1S/C11H16BrNO/c1-10(2,13)11(3,14)8-5-4-6-9(12)7-8/h4-7,14H,13H2,1-3H3. The average Bonchev–Trinajstić information content (AvgIpc) is 2.02. The van der Waals surface area contributed by atoms with Crippen molar-refractivity contribution < 1.29 is 5.11 Å². The van der Waals surface area contributed by atoms with E-state index in [1.807, 2.05) is 38.1 Å². The highest BCUT2D eigenvalue weighted by Gasteiger charge is 2.37. The van der Waals surface area contributed by atoms with Gasteiger partial charge in [0, 0.05) is 10.0 Å². The predicted molar refractivity (Wildman–Crippen MR) is 62.0 cm³/mol. The van der Waals surface area contributed by atoms with Gasteiger partial charge in [-0.25, -0.2) is 0 Å². The fourth-order valence-corrected chi connectivity index (χ4v) is 1.56. The van der Waals surface area contributed by atoms with Gasteiger partial charge in [0.25, 0.3) is 0 Å². The third-order valence-electron chi connectivity index (χ3n) is 2.64. The van der Waals surface area contributed by atoms with Crippen LogP contribution in [0.15, 0.2) is 28.7 Å². The monoisotopic (exact) mass is 257 g/mol. The molecule has 0 aromatic heterocycles. The lowest BCUT2D eigenvalue weighted by Gasteiger charge is -2.37. The van der Waals surface area contributed by atoms with Crippen molar-refractivity contribution in [2.75, 3.05) is 0 Å². The molecule has 3 N–H and O–H groups in total. The molecule has 0 heterocycles. The van der Waals surface area contributed by atoms with Gasteiger partial charge in [0.15, 0.2) is 0 Å². The quantitative estimate of drug-likeness (QED) is 0.855. The van der Waals surface area contributed by atoms with E-state index in [9.17, 15) is 5.11 Å². The summed E-state index contributed by atoms with van der Waals surface area (Å²) in [6, 6.07) is 7.57. The summed E-state index contributed by atoms with van der Waals surface area (Å²) < 4.78 is 0.944. The highest BCUT2D eigenvalue weighted by molar-refractivity contribution is 9.10. The van der Waals surface area contributed by atoms with Crippen LogP contribution in [0, 0.1) is 0 Å². The summed E-state index contributed by atoms with van der Waals surface area (Å²) in [5, 5.41) is 10.3. The molecular weight excluding hydrogens is 242 g/mol. The van der Waals surface area contributed by atoms with Gasteiger partial charge >= 0.3 is 0 Å². The highest BCUT2D eigenvalue weighted by atomic mass is 79.9. The molecule has 14 heavy (non-hydrogen) atoms. The lowest BCUT2D eigenvalue weighted by Crippen LogP contribution is -2.52. The fourth-order valence-electron chi connectivity index (χ4n) is 1.16. The van der Waals surface area contributed by atoms with Crippen molar-refractivity contribution >= 4 is 15.9 Å². The van der Waals surface area contributed by atoms with Crippen LogP contribution in [-0.2, 0) is 5.60 Å².